The van der Waals surface area contributed by atoms with Gasteiger partial charge in [-0.3, -0.25) is 9.59 Å². The lowest BCUT2D eigenvalue weighted by Gasteiger charge is -2.49. The van der Waals surface area contributed by atoms with Gasteiger partial charge in [0, 0.05) is 12.8 Å². The zero-order valence-corrected chi connectivity index (χ0v) is 23.1. The van der Waals surface area contributed by atoms with Crippen LogP contribution in [0.1, 0.15) is 53.0 Å². The van der Waals surface area contributed by atoms with Crippen LogP contribution in [0.5, 0.6) is 0 Å². The molecule has 0 unspecified atom stereocenters. The van der Waals surface area contributed by atoms with Gasteiger partial charge >= 0.3 is 5.97 Å². The third-order valence-corrected chi connectivity index (χ3v) is 13.1. The monoisotopic (exact) mass is 500 g/mol. The van der Waals surface area contributed by atoms with E-state index in [0.717, 1.165) is 5.56 Å². The first-order valence-corrected chi connectivity index (χ1v) is 15.6. The molecule has 0 radical (unpaired) electrons. The van der Waals surface area contributed by atoms with Crippen molar-refractivity contribution in [1.29, 1.82) is 0 Å². The lowest BCUT2D eigenvalue weighted by atomic mass is 9.64. The van der Waals surface area contributed by atoms with Crippen molar-refractivity contribution in [3.8, 4) is 0 Å². The Balaban J connectivity index is 1.65. The normalized spacial score (nSPS) is 34.5. The Labute approximate surface area is 210 Å². The summed E-state index contributed by atoms with van der Waals surface area (Å²) in [5.74, 6) is -0.732. The molecule has 35 heavy (non-hydrogen) atoms. The number of rotatable bonds is 7. The lowest BCUT2D eigenvalue weighted by molar-refractivity contribution is -0.208. The first-order chi connectivity index (χ1) is 16.3. The van der Waals surface area contributed by atoms with Crippen molar-refractivity contribution in [3.05, 3.63) is 48.0 Å². The van der Waals surface area contributed by atoms with Gasteiger partial charge in [0.25, 0.3) is 0 Å². The molecule has 2 bridgehead atoms. The van der Waals surface area contributed by atoms with Crippen LogP contribution in [-0.2, 0) is 34.8 Å². The second-order valence-corrected chi connectivity index (χ2v) is 16.9. The molecule has 7 heteroatoms. The zero-order chi connectivity index (χ0) is 25.6. The van der Waals surface area contributed by atoms with E-state index in [1.54, 1.807) is 6.08 Å². The molecular weight excluding hydrogens is 460 g/mol. The minimum Gasteiger partial charge on any atom is -0.460 e. The minimum atomic E-state index is -2.03. The minimum absolute atomic E-state index is 0.0231. The van der Waals surface area contributed by atoms with Crippen LogP contribution in [0, 0.1) is 11.8 Å². The van der Waals surface area contributed by atoms with E-state index in [-0.39, 0.29) is 28.6 Å². The van der Waals surface area contributed by atoms with Crippen molar-refractivity contribution in [2.75, 3.05) is 6.61 Å². The largest absolute Gasteiger partial charge is 0.460 e. The maximum Gasteiger partial charge on any atom is 0.302 e. The van der Waals surface area contributed by atoms with E-state index in [1.165, 1.54) is 6.92 Å². The third-order valence-electron chi connectivity index (χ3n) is 8.58. The molecule has 1 saturated carbocycles. The summed E-state index contributed by atoms with van der Waals surface area (Å²) in [6, 6.07) is 9.92. The molecule has 6 nitrogen and oxygen atoms in total. The maximum atomic E-state index is 13.5. The van der Waals surface area contributed by atoms with Crippen LogP contribution in [0.4, 0.5) is 0 Å². The van der Waals surface area contributed by atoms with Gasteiger partial charge in [-0.1, -0.05) is 58.0 Å². The van der Waals surface area contributed by atoms with Crippen LogP contribution < -0.4 is 0 Å². The van der Waals surface area contributed by atoms with E-state index in [9.17, 15) is 9.59 Å². The first kappa shape index (κ1) is 26.3. The fraction of sp³-hybridized carbons (Fsp3) is 0.643. The highest BCUT2D eigenvalue weighted by atomic mass is 28.4. The molecular formula is C28H40O6Si. The lowest BCUT2D eigenvalue weighted by Crippen LogP contribution is -2.62. The van der Waals surface area contributed by atoms with Crippen LogP contribution in [0.2, 0.25) is 18.1 Å². The van der Waals surface area contributed by atoms with Gasteiger partial charge in [0.2, 0.25) is 0 Å². The van der Waals surface area contributed by atoms with Gasteiger partial charge in [-0.05, 0) is 54.6 Å². The van der Waals surface area contributed by atoms with Crippen molar-refractivity contribution < 1.29 is 28.2 Å². The number of hydrogen-bond acceptors (Lipinski definition) is 6. The molecule has 192 valence electrons. The summed E-state index contributed by atoms with van der Waals surface area (Å²) < 4.78 is 25.6. The van der Waals surface area contributed by atoms with E-state index < -0.39 is 31.7 Å². The van der Waals surface area contributed by atoms with Gasteiger partial charge in [-0.25, -0.2) is 0 Å². The highest BCUT2D eigenvalue weighted by Gasteiger charge is 2.68. The second kappa shape index (κ2) is 9.25. The Kier molecular flexibility index (Phi) is 6.94. The predicted octanol–water partition coefficient (Wildman–Crippen LogP) is 5.22. The Bertz CT molecular complexity index is 983. The predicted molar refractivity (Wildman–Crippen MR) is 136 cm³/mol. The maximum absolute atomic E-state index is 13.5. The number of hydrogen-bond donors (Lipinski definition) is 0. The van der Waals surface area contributed by atoms with Crippen molar-refractivity contribution in [1.82, 2.24) is 0 Å². The number of fused-ring (bicyclic) bond motifs is 1. The average molecular weight is 501 g/mol. The summed E-state index contributed by atoms with van der Waals surface area (Å²) in [4.78, 5) is 25.4. The molecule has 4 rings (SSSR count). The quantitative estimate of drug-likeness (QED) is 0.378. The number of benzene rings is 1. The molecule has 0 aromatic heterocycles. The number of esters is 1. The van der Waals surface area contributed by atoms with Crippen LogP contribution in [-0.4, -0.2) is 50.1 Å². The number of carbonyl (C=O) groups excluding carboxylic acids is 2. The smallest absolute Gasteiger partial charge is 0.302 e. The SMILES string of the molecule is CC(=O)O[C@H]1C[C@@H](C)[C@]23O[C@](CO[Si](C)(C)C(C)(C)C)(C=CC2=O)C[C@H]3[C@H]1OCc1ccccc1. The Hall–Kier alpha value is -1.80. The third kappa shape index (κ3) is 4.80. The number of ether oxygens (including phenoxy) is 3. The average Bonchev–Trinajstić information content (AvgIpc) is 3.07. The van der Waals surface area contributed by atoms with Gasteiger partial charge < -0.3 is 18.6 Å². The first-order valence-electron chi connectivity index (χ1n) is 12.7. The Morgan fingerprint density at radius 1 is 1.20 bits per heavy atom. The summed E-state index contributed by atoms with van der Waals surface area (Å²) in [5.41, 5.74) is -0.658. The van der Waals surface area contributed by atoms with Gasteiger partial charge in [0.1, 0.15) is 23.4 Å². The summed E-state index contributed by atoms with van der Waals surface area (Å²) in [6.45, 7) is 15.3. The summed E-state index contributed by atoms with van der Waals surface area (Å²) in [6.07, 6.45) is 3.80. The Morgan fingerprint density at radius 3 is 2.51 bits per heavy atom. The number of carbonyl (C=O) groups is 2. The number of ketones is 1. The molecule has 0 amide bonds. The topological polar surface area (TPSA) is 71.1 Å². The van der Waals surface area contributed by atoms with E-state index in [0.29, 0.717) is 26.1 Å². The van der Waals surface area contributed by atoms with E-state index in [2.05, 4.69) is 33.9 Å². The van der Waals surface area contributed by atoms with Gasteiger partial charge in [0.15, 0.2) is 14.1 Å². The van der Waals surface area contributed by atoms with Crippen molar-refractivity contribution in [3.63, 3.8) is 0 Å². The van der Waals surface area contributed by atoms with Crippen molar-refractivity contribution in [2.24, 2.45) is 11.8 Å². The molecule has 2 fully saturated rings. The van der Waals surface area contributed by atoms with Crippen LogP contribution in [0.25, 0.3) is 0 Å². The van der Waals surface area contributed by atoms with E-state index in [4.69, 9.17) is 18.6 Å². The van der Waals surface area contributed by atoms with Crippen LogP contribution in [0.3, 0.4) is 0 Å². The van der Waals surface area contributed by atoms with Crippen LogP contribution >= 0.6 is 0 Å². The van der Waals surface area contributed by atoms with E-state index >= 15 is 0 Å². The zero-order valence-electron chi connectivity index (χ0n) is 22.1. The molecule has 1 aromatic rings. The van der Waals surface area contributed by atoms with Crippen molar-refractivity contribution >= 4 is 20.1 Å². The highest BCUT2D eigenvalue weighted by Crippen LogP contribution is 2.57. The standard InChI is InChI=1S/C28H40O6Si/c1-19-15-23(33-20(2)29)25(31-17-21-11-9-8-10-12-21)22-16-27(14-13-24(30)28(19,22)34-27)18-32-35(6,7)26(3,4)5/h8-14,19,22-23,25H,15-18H2,1-7H3/t19-,22+,23+,25-,27-,28-/m1/s1. The summed E-state index contributed by atoms with van der Waals surface area (Å²) in [7, 11) is -2.03. The van der Waals surface area contributed by atoms with Gasteiger partial charge in [0.05, 0.1) is 13.2 Å². The van der Waals surface area contributed by atoms with Crippen LogP contribution in [0.15, 0.2) is 42.5 Å². The summed E-state index contributed by atoms with van der Waals surface area (Å²) in [5, 5.41) is 0.0654. The highest BCUT2D eigenvalue weighted by molar-refractivity contribution is 6.74. The molecule has 1 aliphatic carbocycles. The fourth-order valence-corrected chi connectivity index (χ4v) is 6.67. The van der Waals surface area contributed by atoms with Gasteiger partial charge in [-0.2, -0.15) is 0 Å². The second-order valence-electron chi connectivity index (χ2n) is 12.1. The fourth-order valence-electron chi connectivity index (χ4n) is 5.63. The molecule has 0 N–H and O–H groups in total. The molecule has 2 heterocycles. The molecule has 3 aliphatic rings. The molecule has 6 atom stereocenters. The Morgan fingerprint density at radius 2 is 1.89 bits per heavy atom. The summed E-state index contributed by atoms with van der Waals surface area (Å²) >= 11 is 0. The van der Waals surface area contributed by atoms with Crippen molar-refractivity contribution in [2.45, 2.75) is 95.6 Å². The van der Waals surface area contributed by atoms with E-state index in [1.807, 2.05) is 43.3 Å². The molecule has 1 saturated heterocycles. The molecule has 1 aromatic carbocycles. The van der Waals surface area contributed by atoms with Gasteiger partial charge in [-0.15, -0.1) is 0 Å². The molecule has 1 spiro atoms. The molecule has 2 aliphatic heterocycles.